The minimum absolute atomic E-state index is 1.06. The lowest BCUT2D eigenvalue weighted by Gasteiger charge is -2.29. The second kappa shape index (κ2) is 7.33. The van der Waals surface area contributed by atoms with Gasteiger partial charge in [0.1, 0.15) is 0 Å². The van der Waals surface area contributed by atoms with Crippen LogP contribution in [-0.2, 0) is 13.0 Å². The summed E-state index contributed by atoms with van der Waals surface area (Å²) in [5.41, 5.74) is 4.03. The Hall–Kier alpha value is -1.50. The van der Waals surface area contributed by atoms with E-state index in [-0.39, 0.29) is 0 Å². The molecule has 1 aliphatic rings. The molecular formula is C17H25N3. The quantitative estimate of drug-likeness (QED) is 0.485. The van der Waals surface area contributed by atoms with Gasteiger partial charge in [-0.2, -0.15) is 0 Å². The van der Waals surface area contributed by atoms with Crippen LogP contribution in [0.2, 0.25) is 0 Å². The fourth-order valence-electron chi connectivity index (χ4n) is 2.71. The molecule has 1 N–H and O–H groups in total. The summed E-state index contributed by atoms with van der Waals surface area (Å²) in [7, 11) is 3.95. The molecule has 20 heavy (non-hydrogen) atoms. The first-order chi connectivity index (χ1) is 9.74. The van der Waals surface area contributed by atoms with Crippen LogP contribution < -0.4 is 10.2 Å². The minimum atomic E-state index is 1.06. The summed E-state index contributed by atoms with van der Waals surface area (Å²) in [4.78, 5) is 4.39. The Labute approximate surface area is 123 Å². The number of rotatable bonds is 6. The molecule has 0 unspecified atom stereocenters. The summed E-state index contributed by atoms with van der Waals surface area (Å²) in [6.07, 6.45) is 9.13. The van der Waals surface area contributed by atoms with Crippen LogP contribution in [0.1, 0.15) is 24.0 Å². The number of terminal acetylenes is 1. The van der Waals surface area contributed by atoms with Crippen molar-refractivity contribution in [3.63, 3.8) is 0 Å². The topological polar surface area (TPSA) is 18.5 Å². The Balaban J connectivity index is 1.96. The van der Waals surface area contributed by atoms with Crippen molar-refractivity contribution in [2.45, 2.75) is 25.8 Å². The van der Waals surface area contributed by atoms with Gasteiger partial charge in [0.2, 0.25) is 0 Å². The number of anilines is 1. The van der Waals surface area contributed by atoms with E-state index in [0.29, 0.717) is 0 Å². The third-order valence-electron chi connectivity index (χ3n) is 4.01. The van der Waals surface area contributed by atoms with Gasteiger partial charge in [0.15, 0.2) is 0 Å². The van der Waals surface area contributed by atoms with E-state index < -0.39 is 0 Å². The average molecular weight is 271 g/mol. The second-order valence-corrected chi connectivity index (χ2v) is 5.48. The van der Waals surface area contributed by atoms with Gasteiger partial charge in [-0.25, -0.2) is 0 Å². The first-order valence-corrected chi connectivity index (χ1v) is 7.43. The zero-order chi connectivity index (χ0) is 14.4. The number of hydrogen-bond donors (Lipinski definition) is 1. The first-order valence-electron chi connectivity index (χ1n) is 7.43. The zero-order valence-electron chi connectivity index (χ0n) is 12.7. The van der Waals surface area contributed by atoms with Crippen molar-refractivity contribution in [2.24, 2.45) is 0 Å². The van der Waals surface area contributed by atoms with Gasteiger partial charge in [-0.1, -0.05) is 12.5 Å². The van der Waals surface area contributed by atoms with E-state index in [2.05, 4.69) is 34.5 Å². The Bertz CT molecular complexity index is 476. The lowest BCUT2D eigenvalue weighted by molar-refractivity contribution is 0.249. The van der Waals surface area contributed by atoms with Crippen LogP contribution in [0.25, 0.3) is 0 Å². The molecule has 1 aromatic rings. The fraction of sp³-hybridized carbons (Fsp3) is 0.529. The minimum Gasteiger partial charge on any atom is -0.320 e. The first kappa shape index (κ1) is 14.9. The van der Waals surface area contributed by atoms with Crippen molar-refractivity contribution >= 4 is 5.69 Å². The molecule has 0 bridgehead atoms. The monoisotopic (exact) mass is 271 g/mol. The largest absolute Gasteiger partial charge is 0.320 e. The molecule has 0 amide bonds. The molecule has 0 radical (unpaired) electrons. The molecule has 0 spiro atoms. The lowest BCUT2D eigenvalue weighted by atomic mass is 9.98. The van der Waals surface area contributed by atoms with Gasteiger partial charge in [0.05, 0.1) is 0 Å². The summed E-state index contributed by atoms with van der Waals surface area (Å²) >= 11 is 0. The normalized spacial score (nSPS) is 14.7. The maximum atomic E-state index is 5.46. The van der Waals surface area contributed by atoms with E-state index in [9.17, 15) is 0 Å². The van der Waals surface area contributed by atoms with Crippen molar-refractivity contribution < 1.29 is 0 Å². The zero-order valence-corrected chi connectivity index (χ0v) is 12.7. The highest BCUT2D eigenvalue weighted by Crippen LogP contribution is 2.24. The number of fused-ring (bicyclic) bond motifs is 1. The van der Waals surface area contributed by atoms with Gasteiger partial charge in [-0.3, -0.25) is 4.90 Å². The number of nitrogens with one attached hydrogen (secondary N) is 1. The van der Waals surface area contributed by atoms with Crippen LogP contribution >= 0.6 is 0 Å². The Morgan fingerprint density at radius 3 is 2.95 bits per heavy atom. The Morgan fingerprint density at radius 2 is 2.20 bits per heavy atom. The molecular weight excluding hydrogens is 246 g/mol. The van der Waals surface area contributed by atoms with Gasteiger partial charge in [0.25, 0.3) is 0 Å². The summed E-state index contributed by atoms with van der Waals surface area (Å²) in [5.74, 6) is 0. The van der Waals surface area contributed by atoms with Gasteiger partial charge in [-0.15, -0.1) is 0 Å². The highest BCUT2D eigenvalue weighted by atomic mass is 15.1. The third kappa shape index (κ3) is 3.75. The predicted molar refractivity (Wildman–Crippen MR) is 85.8 cm³/mol. The highest BCUT2D eigenvalue weighted by Gasteiger charge is 2.16. The lowest BCUT2D eigenvalue weighted by Crippen LogP contribution is -2.31. The molecule has 3 nitrogen and oxygen atoms in total. The van der Waals surface area contributed by atoms with Crippen molar-refractivity contribution in [3.05, 3.63) is 29.3 Å². The van der Waals surface area contributed by atoms with Gasteiger partial charge < -0.3 is 10.2 Å². The van der Waals surface area contributed by atoms with E-state index in [1.54, 1.807) is 0 Å². The van der Waals surface area contributed by atoms with Crippen LogP contribution in [0.15, 0.2) is 18.2 Å². The number of hydrogen-bond acceptors (Lipinski definition) is 3. The van der Waals surface area contributed by atoms with E-state index in [4.69, 9.17) is 6.42 Å². The van der Waals surface area contributed by atoms with Gasteiger partial charge >= 0.3 is 0 Å². The Kier molecular flexibility index (Phi) is 5.46. The summed E-state index contributed by atoms with van der Waals surface area (Å²) in [6.45, 7) is 4.54. The smallest absolute Gasteiger partial charge is 0.0489 e. The van der Waals surface area contributed by atoms with Crippen LogP contribution in [0.5, 0.6) is 0 Å². The predicted octanol–water partition coefficient (Wildman–Crippen LogP) is 2.07. The van der Waals surface area contributed by atoms with Crippen LogP contribution in [-0.4, -0.2) is 38.6 Å². The third-order valence-corrected chi connectivity index (χ3v) is 4.01. The maximum Gasteiger partial charge on any atom is 0.0489 e. The van der Waals surface area contributed by atoms with Crippen LogP contribution in [0.4, 0.5) is 5.69 Å². The molecule has 0 saturated heterocycles. The average Bonchev–Trinajstić information content (AvgIpc) is 2.50. The molecule has 0 aliphatic carbocycles. The molecule has 108 valence electrons. The summed E-state index contributed by atoms with van der Waals surface area (Å²) in [5, 5.41) is 3.20. The molecule has 1 aliphatic heterocycles. The number of nitrogens with zero attached hydrogens (tertiary/aromatic N) is 2. The molecule has 0 aromatic heterocycles. The molecule has 2 rings (SSSR count). The molecule has 0 atom stereocenters. The summed E-state index contributed by atoms with van der Waals surface area (Å²) in [6, 6.07) is 9.26. The highest BCUT2D eigenvalue weighted by molar-refractivity contribution is 5.54. The van der Waals surface area contributed by atoms with E-state index in [0.717, 1.165) is 25.2 Å². The van der Waals surface area contributed by atoms with Gasteiger partial charge in [0, 0.05) is 31.9 Å². The van der Waals surface area contributed by atoms with Crippen molar-refractivity contribution in [3.8, 4) is 12.5 Å². The molecule has 1 aromatic carbocycles. The van der Waals surface area contributed by atoms with Crippen LogP contribution in [0, 0.1) is 12.5 Å². The number of benzene rings is 1. The van der Waals surface area contributed by atoms with Crippen molar-refractivity contribution in [1.29, 1.82) is 0 Å². The SMILES string of the molecule is C#CN(C)c1ccc2c(c1)CN(CCCCNC)CC2. The fourth-order valence-corrected chi connectivity index (χ4v) is 2.71. The van der Waals surface area contributed by atoms with E-state index in [1.165, 1.54) is 37.1 Å². The summed E-state index contributed by atoms with van der Waals surface area (Å²) < 4.78 is 0. The molecule has 0 fully saturated rings. The maximum absolute atomic E-state index is 5.46. The van der Waals surface area contributed by atoms with Crippen LogP contribution in [0.3, 0.4) is 0 Å². The van der Waals surface area contributed by atoms with Crippen molar-refractivity contribution in [1.82, 2.24) is 10.2 Å². The van der Waals surface area contributed by atoms with E-state index >= 15 is 0 Å². The second-order valence-electron chi connectivity index (χ2n) is 5.48. The molecule has 1 heterocycles. The van der Waals surface area contributed by atoms with Gasteiger partial charge in [-0.05, 0) is 62.7 Å². The van der Waals surface area contributed by atoms with Crippen molar-refractivity contribution in [2.75, 3.05) is 38.6 Å². The molecule has 3 heteroatoms. The number of unbranched alkanes of at least 4 members (excludes halogenated alkanes) is 1. The Morgan fingerprint density at radius 1 is 1.35 bits per heavy atom. The van der Waals surface area contributed by atoms with E-state index in [1.807, 2.05) is 19.0 Å². The standard InChI is InChI=1S/C17H25N3/c1-4-19(3)17-8-7-15-9-12-20(14-16(15)13-17)11-6-5-10-18-2/h1,7-8,13,18H,5-6,9-12,14H2,2-3H3. The molecule has 0 saturated carbocycles.